The zero-order valence-corrected chi connectivity index (χ0v) is 18.5. The highest BCUT2D eigenvalue weighted by atomic mass is 19.1. The van der Waals surface area contributed by atoms with Crippen LogP contribution in [0, 0.1) is 11.6 Å². The molecule has 0 saturated carbocycles. The van der Waals surface area contributed by atoms with E-state index in [2.05, 4.69) is 20.0 Å². The van der Waals surface area contributed by atoms with Gasteiger partial charge in [-0.05, 0) is 19.1 Å². The van der Waals surface area contributed by atoms with Gasteiger partial charge in [-0.3, -0.25) is 4.79 Å². The predicted molar refractivity (Wildman–Crippen MR) is 116 cm³/mol. The Morgan fingerprint density at radius 2 is 1.71 bits per heavy atom. The van der Waals surface area contributed by atoms with E-state index in [-0.39, 0.29) is 41.1 Å². The number of anilines is 1. The van der Waals surface area contributed by atoms with Gasteiger partial charge in [-0.15, -0.1) is 0 Å². The Kier molecular flexibility index (Phi) is 8.04. The molecule has 0 aliphatic carbocycles. The van der Waals surface area contributed by atoms with Crippen LogP contribution in [-0.4, -0.2) is 48.8 Å². The van der Waals surface area contributed by atoms with Gasteiger partial charge >= 0.3 is 5.97 Å². The number of ether oxygens (including phenoxy) is 4. The van der Waals surface area contributed by atoms with Gasteiger partial charge in [0, 0.05) is 43.6 Å². The summed E-state index contributed by atoms with van der Waals surface area (Å²) in [7, 11) is 2.75. The molecule has 3 rings (SSSR count). The minimum Gasteiger partial charge on any atom is -0.472 e. The molecule has 0 radical (unpaired) electrons. The Morgan fingerprint density at radius 3 is 2.32 bits per heavy atom. The lowest BCUT2D eigenvalue weighted by Crippen LogP contribution is -2.19. The van der Waals surface area contributed by atoms with Crippen molar-refractivity contribution in [3.63, 3.8) is 0 Å². The second-order valence-electron chi connectivity index (χ2n) is 7.00. The number of carbonyl (C=O) groups excluding carboxylic acids is 2. The summed E-state index contributed by atoms with van der Waals surface area (Å²) >= 11 is 0. The Labute approximate surface area is 193 Å². The van der Waals surface area contributed by atoms with Gasteiger partial charge in [-0.25, -0.2) is 18.6 Å². The van der Waals surface area contributed by atoms with Gasteiger partial charge in [0.2, 0.25) is 11.8 Å². The molecule has 0 aliphatic heterocycles. The zero-order valence-electron chi connectivity index (χ0n) is 18.5. The van der Waals surface area contributed by atoms with E-state index in [9.17, 15) is 18.4 Å². The standard InChI is InChI=1S/C23H21F2N3O6/c1-13(12-31-2)33-20-6-15(7-21(28-20)34-18-9-16(24)8-17(25)10-18)22(29)27-19-5-4-14(11-26-19)23(30)32-3/h4-11,13H,12H2,1-3H3,(H,26,27,29)/t13-/m1/s1. The van der Waals surface area contributed by atoms with Crippen LogP contribution in [0.25, 0.3) is 0 Å². The molecule has 1 N–H and O–H groups in total. The largest absolute Gasteiger partial charge is 0.472 e. The monoisotopic (exact) mass is 473 g/mol. The topological polar surface area (TPSA) is 109 Å². The van der Waals surface area contributed by atoms with Crippen molar-refractivity contribution in [2.45, 2.75) is 13.0 Å². The highest BCUT2D eigenvalue weighted by molar-refractivity contribution is 6.04. The number of methoxy groups -OCH3 is 2. The zero-order chi connectivity index (χ0) is 24.7. The van der Waals surface area contributed by atoms with Crippen LogP contribution in [0.5, 0.6) is 17.5 Å². The summed E-state index contributed by atoms with van der Waals surface area (Å²) in [4.78, 5) is 32.5. The molecule has 2 aromatic heterocycles. The lowest BCUT2D eigenvalue weighted by Gasteiger charge is -2.15. The Balaban J connectivity index is 1.87. The summed E-state index contributed by atoms with van der Waals surface area (Å²) in [5, 5.41) is 2.57. The van der Waals surface area contributed by atoms with E-state index in [0.29, 0.717) is 6.07 Å². The highest BCUT2D eigenvalue weighted by Gasteiger charge is 2.16. The summed E-state index contributed by atoms with van der Waals surface area (Å²) in [5.74, 6) is -2.93. The van der Waals surface area contributed by atoms with Gasteiger partial charge in [0.1, 0.15) is 29.3 Å². The molecule has 0 fully saturated rings. The molecule has 0 saturated heterocycles. The number of rotatable bonds is 9. The van der Waals surface area contributed by atoms with E-state index >= 15 is 0 Å². The molecule has 34 heavy (non-hydrogen) atoms. The molecule has 9 nitrogen and oxygen atoms in total. The van der Waals surface area contributed by atoms with Crippen molar-refractivity contribution in [2.24, 2.45) is 0 Å². The van der Waals surface area contributed by atoms with Crippen LogP contribution in [0.4, 0.5) is 14.6 Å². The molecule has 1 amide bonds. The summed E-state index contributed by atoms with van der Waals surface area (Å²) in [5.41, 5.74) is 0.283. The molecule has 178 valence electrons. The normalized spacial score (nSPS) is 11.4. The summed E-state index contributed by atoms with van der Waals surface area (Å²) in [6.07, 6.45) is 0.838. The molecule has 2 heterocycles. The maximum absolute atomic E-state index is 13.5. The quantitative estimate of drug-likeness (QED) is 0.465. The molecule has 0 aliphatic rings. The molecular formula is C23H21F2N3O6. The van der Waals surface area contributed by atoms with E-state index in [4.69, 9.17) is 14.2 Å². The lowest BCUT2D eigenvalue weighted by atomic mass is 10.2. The Hall–Kier alpha value is -4.12. The van der Waals surface area contributed by atoms with Crippen LogP contribution in [0.3, 0.4) is 0 Å². The molecule has 11 heteroatoms. The third-order valence-corrected chi connectivity index (χ3v) is 4.25. The number of hydrogen-bond donors (Lipinski definition) is 1. The van der Waals surface area contributed by atoms with Gasteiger partial charge in [0.15, 0.2) is 0 Å². The summed E-state index contributed by atoms with van der Waals surface area (Å²) < 4.78 is 47.9. The highest BCUT2D eigenvalue weighted by Crippen LogP contribution is 2.26. The molecule has 3 aromatic rings. The van der Waals surface area contributed by atoms with E-state index in [1.54, 1.807) is 6.92 Å². The number of halogens is 2. The summed E-state index contributed by atoms with van der Waals surface area (Å²) in [6, 6.07) is 8.14. The number of benzene rings is 1. The Morgan fingerprint density at radius 1 is 1.00 bits per heavy atom. The number of carbonyl (C=O) groups is 2. The maximum Gasteiger partial charge on any atom is 0.339 e. The van der Waals surface area contributed by atoms with Crippen molar-refractivity contribution in [3.8, 4) is 17.5 Å². The molecule has 0 unspecified atom stereocenters. The first-order chi connectivity index (χ1) is 16.3. The van der Waals surface area contributed by atoms with Crippen molar-refractivity contribution < 1.29 is 37.3 Å². The van der Waals surface area contributed by atoms with Crippen LogP contribution in [0.2, 0.25) is 0 Å². The average Bonchev–Trinajstić information content (AvgIpc) is 2.78. The van der Waals surface area contributed by atoms with E-state index in [1.807, 2.05) is 0 Å². The fourth-order valence-electron chi connectivity index (χ4n) is 2.80. The van der Waals surface area contributed by atoms with Gasteiger partial charge < -0.3 is 24.3 Å². The molecule has 0 spiro atoms. The van der Waals surface area contributed by atoms with Crippen LogP contribution in [0.1, 0.15) is 27.6 Å². The SMILES string of the molecule is COC[C@@H](C)Oc1cc(C(=O)Nc2ccc(C(=O)OC)cn2)cc(Oc2cc(F)cc(F)c2)n1. The van der Waals surface area contributed by atoms with E-state index in [1.165, 1.54) is 44.7 Å². The summed E-state index contributed by atoms with van der Waals surface area (Å²) in [6.45, 7) is 1.98. The smallest absolute Gasteiger partial charge is 0.339 e. The molecule has 1 atom stereocenters. The number of pyridine rings is 2. The minimum atomic E-state index is -0.837. The van der Waals surface area contributed by atoms with Crippen molar-refractivity contribution in [1.82, 2.24) is 9.97 Å². The van der Waals surface area contributed by atoms with Crippen molar-refractivity contribution in [1.29, 1.82) is 0 Å². The van der Waals surface area contributed by atoms with E-state index in [0.717, 1.165) is 12.1 Å². The van der Waals surface area contributed by atoms with E-state index < -0.39 is 29.6 Å². The average molecular weight is 473 g/mol. The van der Waals surface area contributed by atoms with Crippen LogP contribution < -0.4 is 14.8 Å². The fraction of sp³-hybridized carbons (Fsp3) is 0.217. The first-order valence-electron chi connectivity index (χ1n) is 9.94. The van der Waals surface area contributed by atoms with Crippen LogP contribution in [0.15, 0.2) is 48.7 Å². The predicted octanol–water partition coefficient (Wildman–Crippen LogP) is 4.00. The van der Waals surface area contributed by atoms with Gasteiger partial charge in [-0.2, -0.15) is 4.98 Å². The van der Waals surface area contributed by atoms with Crippen molar-refractivity contribution in [2.75, 3.05) is 26.1 Å². The van der Waals surface area contributed by atoms with Gasteiger partial charge in [0.25, 0.3) is 5.91 Å². The number of nitrogens with zero attached hydrogens (tertiary/aromatic N) is 2. The van der Waals surface area contributed by atoms with Crippen molar-refractivity contribution >= 4 is 17.7 Å². The number of amides is 1. The Bertz CT molecular complexity index is 1150. The van der Waals surface area contributed by atoms with Crippen LogP contribution in [-0.2, 0) is 9.47 Å². The van der Waals surface area contributed by atoms with Gasteiger partial charge in [-0.1, -0.05) is 0 Å². The third kappa shape index (κ3) is 6.69. The number of nitrogens with one attached hydrogen (secondary N) is 1. The van der Waals surface area contributed by atoms with Crippen molar-refractivity contribution in [3.05, 3.63) is 71.4 Å². The molecule has 1 aromatic carbocycles. The number of aromatic nitrogens is 2. The molecule has 0 bridgehead atoms. The third-order valence-electron chi connectivity index (χ3n) is 4.25. The number of esters is 1. The minimum absolute atomic E-state index is 0.0260. The fourth-order valence-corrected chi connectivity index (χ4v) is 2.80. The lowest BCUT2D eigenvalue weighted by molar-refractivity contribution is 0.0600. The second-order valence-corrected chi connectivity index (χ2v) is 7.00. The van der Waals surface area contributed by atoms with Crippen LogP contribution >= 0.6 is 0 Å². The first-order valence-corrected chi connectivity index (χ1v) is 9.94. The second kappa shape index (κ2) is 11.1. The first kappa shape index (κ1) is 24.5. The van der Waals surface area contributed by atoms with Gasteiger partial charge in [0.05, 0.1) is 24.8 Å². The number of hydrogen-bond acceptors (Lipinski definition) is 8. The maximum atomic E-state index is 13.5. The molecular weight excluding hydrogens is 452 g/mol.